The monoisotopic (exact) mass is 260 g/mol. The van der Waals surface area contributed by atoms with Gasteiger partial charge in [-0.3, -0.25) is 4.55 Å². The summed E-state index contributed by atoms with van der Waals surface area (Å²) in [4.78, 5) is 0. The van der Waals surface area contributed by atoms with Crippen molar-refractivity contribution in [1.82, 2.24) is 0 Å². The lowest BCUT2D eigenvalue weighted by molar-refractivity contribution is -0.282. The molecule has 1 heterocycles. The van der Waals surface area contributed by atoms with Crippen molar-refractivity contribution in [2.75, 3.05) is 6.61 Å². The highest BCUT2D eigenvalue weighted by atomic mass is 32.3. The summed E-state index contributed by atoms with van der Waals surface area (Å²) < 4.78 is 37.9. The van der Waals surface area contributed by atoms with Gasteiger partial charge in [-0.25, -0.2) is 4.18 Å². The smallest absolute Gasteiger partial charge is 0.394 e. The Bertz CT molecular complexity index is 325. The molecule has 0 amide bonds. The van der Waals surface area contributed by atoms with Crippen molar-refractivity contribution in [2.24, 2.45) is 0 Å². The van der Waals surface area contributed by atoms with Crippen LogP contribution in [0.2, 0.25) is 0 Å². The van der Waals surface area contributed by atoms with Crippen LogP contribution in [0, 0.1) is 0 Å². The minimum atomic E-state index is -4.88. The van der Waals surface area contributed by atoms with E-state index in [1.807, 2.05) is 0 Å². The first-order valence-corrected chi connectivity index (χ1v) is 5.59. The fourth-order valence-electron chi connectivity index (χ4n) is 1.33. The summed E-state index contributed by atoms with van der Waals surface area (Å²) in [5.74, 6) is 0. The number of hydrogen-bond donors (Lipinski definition) is 5. The van der Waals surface area contributed by atoms with Crippen molar-refractivity contribution in [3.63, 3.8) is 0 Å². The van der Waals surface area contributed by atoms with Gasteiger partial charge in [-0.2, -0.15) is 8.42 Å². The predicted octanol–water partition coefficient (Wildman–Crippen LogP) is -3.39. The molecule has 0 aromatic carbocycles. The maximum atomic E-state index is 10.4. The van der Waals surface area contributed by atoms with Gasteiger partial charge in [-0.1, -0.05) is 0 Å². The van der Waals surface area contributed by atoms with Crippen molar-refractivity contribution < 1.29 is 42.3 Å². The zero-order valence-electron chi connectivity index (χ0n) is 7.87. The lowest BCUT2D eigenvalue weighted by Gasteiger charge is -2.38. The summed E-state index contributed by atoms with van der Waals surface area (Å²) in [6.45, 7) is -0.777. The van der Waals surface area contributed by atoms with Crippen molar-refractivity contribution in [3.8, 4) is 0 Å². The van der Waals surface area contributed by atoms with E-state index in [9.17, 15) is 13.5 Å². The quantitative estimate of drug-likeness (QED) is 0.327. The molecule has 0 aliphatic carbocycles. The third-order valence-corrected chi connectivity index (χ3v) is 2.54. The Balaban J connectivity index is 2.85. The minimum absolute atomic E-state index is 0.777. The van der Waals surface area contributed by atoms with Crippen LogP contribution in [0.1, 0.15) is 0 Å². The van der Waals surface area contributed by atoms with E-state index in [1.165, 1.54) is 0 Å². The zero-order chi connectivity index (χ0) is 12.5. The van der Waals surface area contributed by atoms with Gasteiger partial charge in [0.15, 0.2) is 6.29 Å². The van der Waals surface area contributed by atoms with Crippen molar-refractivity contribution >= 4 is 10.4 Å². The summed E-state index contributed by atoms with van der Waals surface area (Å²) in [6.07, 6.45) is -8.53. The first-order valence-electron chi connectivity index (χ1n) is 4.22. The largest absolute Gasteiger partial charge is 0.397 e. The van der Waals surface area contributed by atoms with Gasteiger partial charge in [-0.15, -0.1) is 0 Å². The highest BCUT2D eigenvalue weighted by Crippen LogP contribution is 2.23. The molecule has 10 heteroatoms. The number of rotatable bonds is 3. The van der Waals surface area contributed by atoms with Crippen LogP contribution in [0.15, 0.2) is 0 Å². The van der Waals surface area contributed by atoms with Crippen LogP contribution in [-0.2, 0) is 19.3 Å². The molecule has 1 aliphatic rings. The number of aliphatic hydroxyl groups is 4. The lowest BCUT2D eigenvalue weighted by atomic mass is 9.99. The summed E-state index contributed by atoms with van der Waals surface area (Å²) in [6, 6.07) is 0. The molecule has 5 unspecified atom stereocenters. The van der Waals surface area contributed by atoms with E-state index in [-0.39, 0.29) is 0 Å². The molecule has 0 aromatic rings. The Morgan fingerprint density at radius 2 is 1.75 bits per heavy atom. The van der Waals surface area contributed by atoms with E-state index in [4.69, 9.17) is 19.9 Å². The molecule has 5 atom stereocenters. The van der Waals surface area contributed by atoms with E-state index in [0.717, 1.165) is 0 Å². The molecule has 1 aliphatic heterocycles. The van der Waals surface area contributed by atoms with Gasteiger partial charge in [-0.05, 0) is 0 Å². The molecule has 0 aromatic heterocycles. The molecule has 0 spiro atoms. The number of ether oxygens (including phenoxy) is 1. The van der Waals surface area contributed by atoms with Crippen LogP contribution in [0.25, 0.3) is 0 Å². The van der Waals surface area contributed by atoms with Gasteiger partial charge in [0.05, 0.1) is 6.61 Å². The highest BCUT2D eigenvalue weighted by molar-refractivity contribution is 7.80. The highest BCUT2D eigenvalue weighted by Gasteiger charge is 2.46. The summed E-state index contributed by atoms with van der Waals surface area (Å²) >= 11 is 0. The van der Waals surface area contributed by atoms with E-state index < -0.39 is 47.7 Å². The average Bonchev–Trinajstić information content (AvgIpc) is 2.17. The SMILES string of the molecule is O=S(=O)(O)OC1C(CO)OC(O)C(O)C1O. The molecule has 0 radical (unpaired) electrons. The van der Waals surface area contributed by atoms with Gasteiger partial charge in [0.1, 0.15) is 24.4 Å². The first-order chi connectivity index (χ1) is 7.26. The second kappa shape index (κ2) is 4.89. The molecule has 5 N–H and O–H groups in total. The molecule has 1 saturated heterocycles. The van der Waals surface area contributed by atoms with Gasteiger partial charge in [0, 0.05) is 0 Å². The molecule has 0 saturated carbocycles. The van der Waals surface area contributed by atoms with E-state index >= 15 is 0 Å². The predicted molar refractivity (Wildman–Crippen MR) is 46.4 cm³/mol. The Morgan fingerprint density at radius 3 is 2.19 bits per heavy atom. The molecular formula is C6H12O9S. The Morgan fingerprint density at radius 1 is 1.19 bits per heavy atom. The van der Waals surface area contributed by atoms with Crippen LogP contribution in [0.3, 0.4) is 0 Å². The Hall–Kier alpha value is -0.330. The molecule has 0 bridgehead atoms. The number of hydrogen-bond acceptors (Lipinski definition) is 8. The zero-order valence-corrected chi connectivity index (χ0v) is 8.69. The van der Waals surface area contributed by atoms with Gasteiger partial charge >= 0.3 is 10.4 Å². The van der Waals surface area contributed by atoms with Crippen LogP contribution in [0.4, 0.5) is 0 Å². The van der Waals surface area contributed by atoms with E-state index in [1.54, 1.807) is 0 Å². The topological polar surface area (TPSA) is 154 Å². The third kappa shape index (κ3) is 3.09. The van der Waals surface area contributed by atoms with Crippen LogP contribution >= 0.6 is 0 Å². The molecule has 9 nitrogen and oxygen atoms in total. The standard InChI is InChI=1S/C6H12O9S/c7-1-2-5(15-16(11,12)13)3(8)4(9)6(10)14-2/h2-10H,1H2,(H,11,12,13). The lowest BCUT2D eigenvalue weighted by Crippen LogP contribution is -2.59. The van der Waals surface area contributed by atoms with Crippen LogP contribution < -0.4 is 0 Å². The normalized spacial score (nSPS) is 40.9. The minimum Gasteiger partial charge on any atom is -0.394 e. The van der Waals surface area contributed by atoms with Crippen LogP contribution in [0.5, 0.6) is 0 Å². The maximum Gasteiger partial charge on any atom is 0.397 e. The molecular weight excluding hydrogens is 248 g/mol. The fourth-order valence-corrected chi connectivity index (χ4v) is 1.84. The van der Waals surface area contributed by atoms with Crippen molar-refractivity contribution in [3.05, 3.63) is 0 Å². The van der Waals surface area contributed by atoms with Gasteiger partial charge in [0.25, 0.3) is 0 Å². The van der Waals surface area contributed by atoms with Crippen molar-refractivity contribution in [2.45, 2.75) is 30.7 Å². The molecule has 96 valence electrons. The van der Waals surface area contributed by atoms with Crippen LogP contribution in [-0.4, -0.2) is 70.7 Å². The fraction of sp³-hybridized carbons (Fsp3) is 1.00. The third-order valence-electron chi connectivity index (χ3n) is 2.07. The van der Waals surface area contributed by atoms with E-state index in [0.29, 0.717) is 0 Å². The Labute approximate surface area is 90.8 Å². The maximum absolute atomic E-state index is 10.4. The second-order valence-corrected chi connectivity index (χ2v) is 4.27. The van der Waals surface area contributed by atoms with Gasteiger partial charge < -0.3 is 25.2 Å². The van der Waals surface area contributed by atoms with E-state index in [2.05, 4.69) is 8.92 Å². The Kier molecular flexibility index (Phi) is 4.20. The summed E-state index contributed by atoms with van der Waals surface area (Å²) in [5, 5.41) is 36.4. The summed E-state index contributed by atoms with van der Waals surface area (Å²) in [5.41, 5.74) is 0. The first kappa shape index (κ1) is 13.7. The number of aliphatic hydroxyl groups excluding tert-OH is 4. The van der Waals surface area contributed by atoms with Crippen molar-refractivity contribution in [1.29, 1.82) is 0 Å². The summed E-state index contributed by atoms with van der Waals surface area (Å²) in [7, 11) is -4.88. The average molecular weight is 260 g/mol. The molecule has 16 heavy (non-hydrogen) atoms. The van der Waals surface area contributed by atoms with Gasteiger partial charge in [0.2, 0.25) is 0 Å². The second-order valence-electron chi connectivity index (χ2n) is 3.22. The molecule has 1 rings (SSSR count). The molecule has 1 fully saturated rings.